The Hall–Kier alpha value is -0.450. The minimum absolute atomic E-state index is 0.560. The quantitative estimate of drug-likeness (QED) is 0.873. The van der Waals surface area contributed by atoms with E-state index in [1.54, 1.807) is 11.3 Å². The number of nitrogens with zero attached hydrogens (tertiary/aromatic N) is 2. The summed E-state index contributed by atoms with van der Waals surface area (Å²) in [5.74, 6) is 1.38. The molecule has 2 rings (SSSR count). The summed E-state index contributed by atoms with van der Waals surface area (Å²) < 4.78 is 0. The van der Waals surface area contributed by atoms with Crippen molar-refractivity contribution in [3.8, 4) is 0 Å². The van der Waals surface area contributed by atoms with Crippen molar-refractivity contribution < 1.29 is 0 Å². The molecule has 0 aromatic carbocycles. The maximum Gasteiger partial charge on any atom is 0.0954 e. The van der Waals surface area contributed by atoms with Gasteiger partial charge >= 0.3 is 0 Å². The second-order valence-corrected chi connectivity index (χ2v) is 6.17. The fourth-order valence-electron chi connectivity index (χ4n) is 2.40. The monoisotopic (exact) mass is 253 g/mol. The molecular formula is C13H23N3S. The van der Waals surface area contributed by atoms with Crippen LogP contribution in [0.4, 0.5) is 0 Å². The number of aromatic nitrogens is 1. The molecule has 3 nitrogen and oxygen atoms in total. The van der Waals surface area contributed by atoms with Crippen LogP contribution in [-0.4, -0.2) is 36.6 Å². The Morgan fingerprint density at radius 2 is 2.41 bits per heavy atom. The zero-order valence-electron chi connectivity index (χ0n) is 11.1. The van der Waals surface area contributed by atoms with Gasteiger partial charge in [-0.25, -0.2) is 4.98 Å². The van der Waals surface area contributed by atoms with Crippen molar-refractivity contribution in [1.29, 1.82) is 0 Å². The third-order valence-corrected chi connectivity index (χ3v) is 4.51. The van der Waals surface area contributed by atoms with E-state index in [1.807, 2.05) is 7.05 Å². The number of hydrogen-bond acceptors (Lipinski definition) is 4. The molecule has 4 heteroatoms. The molecule has 0 saturated carbocycles. The van der Waals surface area contributed by atoms with Crippen LogP contribution in [0.2, 0.25) is 0 Å². The highest BCUT2D eigenvalue weighted by Crippen LogP contribution is 2.22. The first-order chi connectivity index (χ1) is 8.19. The lowest BCUT2D eigenvalue weighted by Crippen LogP contribution is -2.24. The van der Waals surface area contributed by atoms with Gasteiger partial charge in [-0.2, -0.15) is 0 Å². The van der Waals surface area contributed by atoms with Crippen LogP contribution in [0.1, 0.15) is 36.9 Å². The van der Waals surface area contributed by atoms with E-state index in [4.69, 9.17) is 4.98 Å². The van der Waals surface area contributed by atoms with Crippen molar-refractivity contribution in [2.45, 2.75) is 32.7 Å². The summed E-state index contributed by atoms with van der Waals surface area (Å²) >= 11 is 1.80. The Kier molecular flexibility index (Phi) is 4.54. The van der Waals surface area contributed by atoms with E-state index in [-0.39, 0.29) is 0 Å². The Morgan fingerprint density at radius 1 is 1.59 bits per heavy atom. The fraction of sp³-hybridized carbons (Fsp3) is 0.769. The van der Waals surface area contributed by atoms with Crippen molar-refractivity contribution in [2.24, 2.45) is 5.92 Å². The minimum Gasteiger partial charge on any atom is -0.319 e. The minimum atomic E-state index is 0.560. The van der Waals surface area contributed by atoms with Gasteiger partial charge in [0.1, 0.15) is 0 Å². The lowest BCUT2D eigenvalue weighted by molar-refractivity contribution is 0.312. The summed E-state index contributed by atoms with van der Waals surface area (Å²) in [4.78, 5) is 7.23. The van der Waals surface area contributed by atoms with E-state index >= 15 is 0 Å². The second kappa shape index (κ2) is 5.94. The van der Waals surface area contributed by atoms with Crippen LogP contribution in [0.3, 0.4) is 0 Å². The number of hydrogen-bond donors (Lipinski definition) is 1. The van der Waals surface area contributed by atoms with E-state index < -0.39 is 0 Å². The molecule has 1 aromatic rings. The van der Waals surface area contributed by atoms with Crippen LogP contribution in [0.15, 0.2) is 5.38 Å². The smallest absolute Gasteiger partial charge is 0.0954 e. The molecule has 17 heavy (non-hydrogen) atoms. The third kappa shape index (κ3) is 3.50. The van der Waals surface area contributed by atoms with Crippen LogP contribution >= 0.6 is 11.3 Å². The standard InChI is InChI=1S/C13H23N3S/c1-10(2)13-15-12(9-17-13)8-16-5-4-11(7-16)6-14-3/h9-11,14H,4-8H2,1-3H3. The molecule has 1 saturated heterocycles. The average Bonchev–Trinajstić information content (AvgIpc) is 2.89. The summed E-state index contributed by atoms with van der Waals surface area (Å²) in [6.45, 7) is 9.04. The molecule has 2 heterocycles. The van der Waals surface area contributed by atoms with Crippen molar-refractivity contribution in [2.75, 3.05) is 26.7 Å². The number of thiazole rings is 1. The van der Waals surface area contributed by atoms with Crippen LogP contribution in [-0.2, 0) is 6.54 Å². The molecule has 0 aliphatic carbocycles. The number of rotatable bonds is 5. The maximum absolute atomic E-state index is 4.71. The van der Waals surface area contributed by atoms with Gasteiger partial charge in [0, 0.05) is 24.4 Å². The molecule has 0 radical (unpaired) electrons. The van der Waals surface area contributed by atoms with Gasteiger partial charge in [-0.05, 0) is 32.5 Å². The van der Waals surface area contributed by atoms with E-state index in [1.165, 1.54) is 30.2 Å². The van der Waals surface area contributed by atoms with Crippen molar-refractivity contribution >= 4 is 11.3 Å². The normalized spacial score (nSPS) is 21.5. The Labute approximate surface area is 108 Å². The van der Waals surface area contributed by atoms with E-state index in [0.717, 1.165) is 19.0 Å². The highest BCUT2D eigenvalue weighted by atomic mass is 32.1. The largest absolute Gasteiger partial charge is 0.319 e. The van der Waals surface area contributed by atoms with Gasteiger partial charge in [0.15, 0.2) is 0 Å². The molecule has 1 unspecified atom stereocenters. The van der Waals surface area contributed by atoms with Crippen molar-refractivity contribution in [3.63, 3.8) is 0 Å². The van der Waals surface area contributed by atoms with E-state index in [9.17, 15) is 0 Å². The zero-order valence-corrected chi connectivity index (χ0v) is 11.9. The molecule has 0 spiro atoms. The van der Waals surface area contributed by atoms with Gasteiger partial charge in [-0.1, -0.05) is 13.8 Å². The first-order valence-electron chi connectivity index (χ1n) is 6.50. The zero-order chi connectivity index (χ0) is 12.3. The molecule has 1 aliphatic rings. The van der Waals surface area contributed by atoms with Crippen LogP contribution in [0.25, 0.3) is 0 Å². The summed E-state index contributed by atoms with van der Waals surface area (Å²) in [5, 5.41) is 6.77. The molecule has 1 atom stereocenters. The van der Waals surface area contributed by atoms with E-state index in [0.29, 0.717) is 5.92 Å². The number of nitrogens with one attached hydrogen (secondary N) is 1. The van der Waals surface area contributed by atoms with Crippen LogP contribution in [0.5, 0.6) is 0 Å². The molecule has 96 valence electrons. The highest BCUT2D eigenvalue weighted by molar-refractivity contribution is 7.09. The summed E-state index contributed by atoms with van der Waals surface area (Å²) in [6, 6.07) is 0. The first kappa shape index (κ1) is 13.0. The van der Waals surface area contributed by atoms with Gasteiger partial charge in [0.25, 0.3) is 0 Å². The van der Waals surface area contributed by atoms with Gasteiger partial charge < -0.3 is 5.32 Å². The Morgan fingerprint density at radius 3 is 3.06 bits per heavy atom. The summed E-state index contributed by atoms with van der Waals surface area (Å²) in [5.41, 5.74) is 1.25. The second-order valence-electron chi connectivity index (χ2n) is 5.28. The molecular weight excluding hydrogens is 230 g/mol. The van der Waals surface area contributed by atoms with Crippen molar-refractivity contribution in [1.82, 2.24) is 15.2 Å². The molecule has 1 N–H and O–H groups in total. The number of likely N-dealkylation sites (tertiary alicyclic amines) is 1. The third-order valence-electron chi connectivity index (χ3n) is 3.31. The fourth-order valence-corrected chi connectivity index (χ4v) is 3.23. The molecule has 1 fully saturated rings. The van der Waals surface area contributed by atoms with Crippen molar-refractivity contribution in [3.05, 3.63) is 16.1 Å². The predicted octanol–water partition coefficient (Wildman–Crippen LogP) is 2.31. The van der Waals surface area contributed by atoms with Gasteiger partial charge in [0.05, 0.1) is 10.7 Å². The van der Waals surface area contributed by atoms with Gasteiger partial charge in [0.2, 0.25) is 0 Å². The summed E-state index contributed by atoms with van der Waals surface area (Å²) in [6.07, 6.45) is 1.32. The SMILES string of the molecule is CNCC1CCN(Cc2csc(C(C)C)n2)C1. The van der Waals surface area contributed by atoms with Gasteiger partial charge in [-0.3, -0.25) is 4.90 Å². The highest BCUT2D eigenvalue weighted by Gasteiger charge is 2.22. The maximum atomic E-state index is 4.71. The Bertz CT molecular complexity index is 348. The summed E-state index contributed by atoms with van der Waals surface area (Å²) in [7, 11) is 2.04. The van der Waals surface area contributed by atoms with E-state index in [2.05, 4.69) is 29.4 Å². The lowest BCUT2D eigenvalue weighted by Gasteiger charge is -2.14. The van der Waals surface area contributed by atoms with Gasteiger partial charge in [-0.15, -0.1) is 11.3 Å². The average molecular weight is 253 g/mol. The topological polar surface area (TPSA) is 28.2 Å². The predicted molar refractivity (Wildman–Crippen MR) is 73.5 cm³/mol. The molecule has 1 aliphatic heterocycles. The molecule has 1 aromatic heterocycles. The molecule has 0 amide bonds. The lowest BCUT2D eigenvalue weighted by atomic mass is 10.1. The van der Waals surface area contributed by atoms with Crippen LogP contribution in [0, 0.1) is 5.92 Å². The van der Waals surface area contributed by atoms with Crippen LogP contribution < -0.4 is 5.32 Å². The molecule has 0 bridgehead atoms. The Balaban J connectivity index is 1.85. The first-order valence-corrected chi connectivity index (χ1v) is 7.38.